The van der Waals surface area contributed by atoms with Gasteiger partial charge in [-0.15, -0.1) is 0 Å². The minimum absolute atomic E-state index is 0.140. The zero-order chi connectivity index (χ0) is 10.9. The third-order valence-electron chi connectivity index (χ3n) is 1.57. The smallest absolute Gasteiger partial charge is 0.204 e. The maximum absolute atomic E-state index is 12.8. The molecular weight excluding hydrogens is 271 g/mol. The summed E-state index contributed by atoms with van der Waals surface area (Å²) in [5.41, 5.74) is -1.54. The Bertz CT molecular complexity index is 344. The summed E-state index contributed by atoms with van der Waals surface area (Å²) in [5.74, 6) is -2.75. The molecule has 0 saturated carbocycles. The standard InChI is InChI=1S/C8H4BrF5/c9-3-4-1-5(8(12,13)14)2-6(10)7(4)11/h1-2H,3H2. The van der Waals surface area contributed by atoms with Crippen molar-refractivity contribution in [3.05, 3.63) is 34.9 Å². The van der Waals surface area contributed by atoms with Crippen LogP contribution >= 0.6 is 15.9 Å². The van der Waals surface area contributed by atoms with Gasteiger partial charge in [-0.3, -0.25) is 0 Å². The molecule has 0 saturated heterocycles. The van der Waals surface area contributed by atoms with Gasteiger partial charge in [0.25, 0.3) is 0 Å². The fraction of sp³-hybridized carbons (Fsp3) is 0.250. The third-order valence-corrected chi connectivity index (χ3v) is 2.18. The molecule has 0 atom stereocenters. The second-order valence-corrected chi connectivity index (χ2v) is 3.12. The number of halogens is 6. The van der Waals surface area contributed by atoms with E-state index < -0.39 is 23.4 Å². The lowest BCUT2D eigenvalue weighted by Gasteiger charge is -2.09. The van der Waals surface area contributed by atoms with Crippen LogP contribution in [0.4, 0.5) is 22.0 Å². The van der Waals surface area contributed by atoms with E-state index in [2.05, 4.69) is 15.9 Å². The molecule has 0 bridgehead atoms. The van der Waals surface area contributed by atoms with Crippen molar-refractivity contribution in [1.29, 1.82) is 0 Å². The van der Waals surface area contributed by atoms with Crippen LogP contribution in [0.15, 0.2) is 12.1 Å². The summed E-state index contributed by atoms with van der Waals surface area (Å²) in [7, 11) is 0. The topological polar surface area (TPSA) is 0 Å². The second-order valence-electron chi connectivity index (χ2n) is 2.56. The van der Waals surface area contributed by atoms with Gasteiger partial charge >= 0.3 is 6.18 Å². The number of alkyl halides is 4. The summed E-state index contributed by atoms with van der Waals surface area (Å²) in [4.78, 5) is 0. The Hall–Kier alpha value is -0.650. The maximum atomic E-state index is 12.8. The Morgan fingerprint density at radius 2 is 1.71 bits per heavy atom. The summed E-state index contributed by atoms with van der Waals surface area (Å²) in [6.07, 6.45) is -4.66. The zero-order valence-electron chi connectivity index (χ0n) is 6.63. The summed E-state index contributed by atoms with van der Waals surface area (Å²) >= 11 is 2.77. The summed E-state index contributed by atoms with van der Waals surface area (Å²) in [6.45, 7) is 0. The van der Waals surface area contributed by atoms with E-state index in [1.54, 1.807) is 0 Å². The molecule has 1 aromatic carbocycles. The van der Waals surface area contributed by atoms with E-state index in [-0.39, 0.29) is 17.0 Å². The van der Waals surface area contributed by atoms with E-state index >= 15 is 0 Å². The summed E-state index contributed by atoms with van der Waals surface area (Å²) in [6, 6.07) is 0.717. The first-order valence-electron chi connectivity index (χ1n) is 3.47. The first-order valence-corrected chi connectivity index (χ1v) is 4.59. The Morgan fingerprint density at radius 1 is 1.14 bits per heavy atom. The first kappa shape index (κ1) is 11.4. The number of benzene rings is 1. The van der Waals surface area contributed by atoms with E-state index in [4.69, 9.17) is 0 Å². The molecule has 0 spiro atoms. The van der Waals surface area contributed by atoms with Crippen molar-refractivity contribution in [2.45, 2.75) is 11.5 Å². The molecule has 0 amide bonds. The van der Waals surface area contributed by atoms with Gasteiger partial charge in [-0.25, -0.2) is 8.78 Å². The monoisotopic (exact) mass is 274 g/mol. The number of rotatable bonds is 1. The van der Waals surface area contributed by atoms with Crippen LogP contribution in [0.25, 0.3) is 0 Å². The molecule has 0 heterocycles. The van der Waals surface area contributed by atoms with Crippen molar-refractivity contribution in [3.63, 3.8) is 0 Å². The van der Waals surface area contributed by atoms with Crippen LogP contribution < -0.4 is 0 Å². The molecule has 78 valence electrons. The molecule has 0 radical (unpaired) electrons. The van der Waals surface area contributed by atoms with Gasteiger partial charge in [0.1, 0.15) is 0 Å². The van der Waals surface area contributed by atoms with E-state index in [9.17, 15) is 22.0 Å². The minimum atomic E-state index is -4.66. The van der Waals surface area contributed by atoms with Gasteiger partial charge < -0.3 is 0 Å². The molecule has 0 aliphatic heterocycles. The Balaban J connectivity index is 3.30. The highest BCUT2D eigenvalue weighted by molar-refractivity contribution is 9.08. The lowest BCUT2D eigenvalue weighted by molar-refractivity contribution is -0.137. The average molecular weight is 275 g/mol. The SMILES string of the molecule is Fc1cc(C(F)(F)F)cc(CBr)c1F. The number of hydrogen-bond donors (Lipinski definition) is 0. The van der Waals surface area contributed by atoms with Crippen LogP contribution in [0.1, 0.15) is 11.1 Å². The average Bonchev–Trinajstić information content (AvgIpc) is 2.07. The molecule has 1 rings (SSSR count). The van der Waals surface area contributed by atoms with E-state index in [1.165, 1.54) is 0 Å². The van der Waals surface area contributed by atoms with Crippen LogP contribution in [0.5, 0.6) is 0 Å². The minimum Gasteiger partial charge on any atom is -0.204 e. The largest absolute Gasteiger partial charge is 0.416 e. The van der Waals surface area contributed by atoms with Gasteiger partial charge in [0, 0.05) is 10.9 Å². The highest BCUT2D eigenvalue weighted by Gasteiger charge is 2.32. The van der Waals surface area contributed by atoms with Crippen molar-refractivity contribution >= 4 is 15.9 Å². The molecule has 0 aromatic heterocycles. The van der Waals surface area contributed by atoms with Crippen molar-refractivity contribution in [1.82, 2.24) is 0 Å². The van der Waals surface area contributed by atoms with Crippen molar-refractivity contribution in [2.75, 3.05) is 0 Å². The number of hydrogen-bond acceptors (Lipinski definition) is 0. The lowest BCUT2D eigenvalue weighted by atomic mass is 10.1. The van der Waals surface area contributed by atoms with Crippen LogP contribution in [0, 0.1) is 11.6 Å². The van der Waals surface area contributed by atoms with Crippen molar-refractivity contribution < 1.29 is 22.0 Å². The van der Waals surface area contributed by atoms with Crippen LogP contribution in [-0.2, 0) is 11.5 Å². The van der Waals surface area contributed by atoms with Crippen molar-refractivity contribution in [3.8, 4) is 0 Å². The lowest BCUT2D eigenvalue weighted by Crippen LogP contribution is -2.07. The van der Waals surface area contributed by atoms with E-state index in [1.807, 2.05) is 0 Å². The zero-order valence-corrected chi connectivity index (χ0v) is 8.22. The molecule has 0 unspecified atom stereocenters. The summed E-state index contributed by atoms with van der Waals surface area (Å²) in [5, 5.41) is -0.167. The van der Waals surface area contributed by atoms with E-state index in [0.29, 0.717) is 6.07 Å². The van der Waals surface area contributed by atoms with Gasteiger partial charge in [0.05, 0.1) is 5.56 Å². The van der Waals surface area contributed by atoms with Crippen molar-refractivity contribution in [2.24, 2.45) is 0 Å². The fourth-order valence-electron chi connectivity index (χ4n) is 0.907. The molecular formula is C8H4BrF5. The highest BCUT2D eigenvalue weighted by Crippen LogP contribution is 2.31. The highest BCUT2D eigenvalue weighted by atomic mass is 79.9. The normalized spacial score (nSPS) is 11.9. The van der Waals surface area contributed by atoms with Gasteiger partial charge in [-0.05, 0) is 12.1 Å². The molecule has 6 heteroatoms. The Labute approximate surface area is 84.9 Å². The maximum Gasteiger partial charge on any atom is 0.416 e. The van der Waals surface area contributed by atoms with Gasteiger partial charge in [0.15, 0.2) is 11.6 Å². The van der Waals surface area contributed by atoms with Crippen LogP contribution in [-0.4, -0.2) is 0 Å². The van der Waals surface area contributed by atoms with Gasteiger partial charge in [0.2, 0.25) is 0 Å². The Kier molecular flexibility index (Phi) is 3.14. The van der Waals surface area contributed by atoms with E-state index in [0.717, 1.165) is 0 Å². The molecule has 0 fully saturated rings. The Morgan fingerprint density at radius 3 is 2.14 bits per heavy atom. The predicted octanol–water partition coefficient (Wildman–Crippen LogP) is 3.88. The van der Waals surface area contributed by atoms with Gasteiger partial charge in [-0.2, -0.15) is 13.2 Å². The first-order chi connectivity index (χ1) is 6.36. The third kappa shape index (κ3) is 2.23. The molecule has 14 heavy (non-hydrogen) atoms. The molecule has 0 aliphatic rings. The quantitative estimate of drug-likeness (QED) is 0.539. The molecule has 0 nitrogen and oxygen atoms in total. The molecule has 1 aromatic rings. The van der Waals surface area contributed by atoms with Crippen LogP contribution in [0.2, 0.25) is 0 Å². The molecule has 0 N–H and O–H groups in total. The molecule has 0 aliphatic carbocycles. The fourth-order valence-corrected chi connectivity index (χ4v) is 1.31. The predicted molar refractivity (Wildman–Crippen MR) is 44.0 cm³/mol. The summed E-state index contributed by atoms with van der Waals surface area (Å²) < 4.78 is 61.8. The van der Waals surface area contributed by atoms with Crippen LogP contribution in [0.3, 0.4) is 0 Å². The second kappa shape index (κ2) is 3.84. The van der Waals surface area contributed by atoms with Gasteiger partial charge in [-0.1, -0.05) is 15.9 Å².